The predicted molar refractivity (Wildman–Crippen MR) is 413 cm³/mol. The summed E-state index contributed by atoms with van der Waals surface area (Å²) in [6.07, 6.45) is 15.5. The maximum Gasteiger partial charge on any atom is 0.164 e. The van der Waals surface area contributed by atoms with Gasteiger partial charge in [-0.3, -0.25) is 19.9 Å². The van der Waals surface area contributed by atoms with Crippen molar-refractivity contribution in [3.8, 4) is 68.3 Å². The van der Waals surface area contributed by atoms with Gasteiger partial charge < -0.3 is 27.4 Å². The average Bonchev–Trinajstić information content (AvgIpc) is 1.56. The van der Waals surface area contributed by atoms with Crippen molar-refractivity contribution >= 4 is 131 Å². The third-order valence-corrected chi connectivity index (χ3v) is 20.8. The van der Waals surface area contributed by atoms with Crippen molar-refractivity contribution in [2.75, 3.05) is 0 Å². The minimum atomic E-state index is 0.529. The lowest BCUT2D eigenvalue weighted by atomic mass is 10.1. The van der Waals surface area contributed by atoms with Crippen LogP contribution in [0.15, 0.2) is 323 Å². The quantitative estimate of drug-likeness (QED) is 0.141. The minimum Gasteiger partial charge on any atom is -0.309 e. The molecule has 0 aliphatic heterocycles. The van der Waals surface area contributed by atoms with Crippen molar-refractivity contribution in [3.63, 3.8) is 0 Å². The summed E-state index contributed by atoms with van der Waals surface area (Å²) in [6, 6.07) is 98.0. The van der Waals surface area contributed by atoms with Crippen molar-refractivity contribution in [2.24, 2.45) is 0 Å². The maximum atomic E-state index is 5.48. The van der Waals surface area contributed by atoms with E-state index in [9.17, 15) is 0 Å². The molecule has 13 heteroatoms. The highest BCUT2D eigenvalue weighted by molar-refractivity contribution is 6.17. The minimum absolute atomic E-state index is 0.529. The Morgan fingerprint density at radius 1 is 0.167 bits per heavy atom. The van der Waals surface area contributed by atoms with Crippen LogP contribution < -0.4 is 0 Å². The van der Waals surface area contributed by atoms with Crippen LogP contribution in [0.5, 0.6) is 0 Å². The molecule has 0 spiro atoms. The molecule has 0 radical (unpaired) electrons. The highest BCUT2D eigenvalue weighted by Crippen LogP contribution is 2.44. The lowest BCUT2D eigenvalue weighted by Crippen LogP contribution is -2.04. The summed E-state index contributed by atoms with van der Waals surface area (Å²) in [5.74, 6) is 1.67. The van der Waals surface area contributed by atoms with Crippen LogP contribution in [-0.4, -0.2) is 62.3 Å². The van der Waals surface area contributed by atoms with E-state index in [0.29, 0.717) is 17.5 Å². The highest BCUT2D eigenvalue weighted by Gasteiger charge is 2.25. The largest absolute Gasteiger partial charge is 0.309 e. The fraction of sp³-hybridized carbons (Fsp3) is 0. The third-order valence-electron chi connectivity index (χ3n) is 20.8. The van der Waals surface area contributed by atoms with Crippen LogP contribution >= 0.6 is 0 Å². The molecule has 0 amide bonds. The maximum absolute atomic E-state index is 5.48. The molecule has 0 aliphatic carbocycles. The van der Waals surface area contributed by atoms with Gasteiger partial charge in [-0.1, -0.05) is 133 Å². The number of rotatable bonds is 9. The standard InChI is InChI=1S/C89H53N13/c1-3-15-54(16-4-1)87-94-88(55-17-5-2-6-18-55)96-89(95-87)56-43-61(101-79-31-27-57(97-75-23-11-7-19-63(75)67-35-39-90-50-83(67)97)46-71(79)72-47-58(28-32-80(72)101)98-76-24-12-8-20-64(76)68-36-40-91-51-84(68)98)45-62(44-56)102-81-33-29-59(99-77-25-13-9-21-65(77)69-37-41-92-52-85(69)99)48-73(81)74-49-60(30-34-82(74)102)100-78-26-14-10-22-66(78)70-38-42-93-53-86(70)100/h1-53H. The first-order valence-electron chi connectivity index (χ1n) is 34.1. The molecule has 13 nitrogen and oxygen atoms in total. The van der Waals surface area contributed by atoms with Crippen molar-refractivity contribution < 1.29 is 0 Å². The smallest absolute Gasteiger partial charge is 0.164 e. The van der Waals surface area contributed by atoms with Crippen molar-refractivity contribution in [1.29, 1.82) is 0 Å². The van der Waals surface area contributed by atoms with Crippen LogP contribution in [0.2, 0.25) is 0 Å². The summed E-state index contributed by atoms with van der Waals surface area (Å²) in [5.41, 5.74) is 21.1. The normalized spacial score (nSPS) is 12.1. The molecule has 0 saturated heterocycles. The van der Waals surface area contributed by atoms with Crippen molar-refractivity contribution in [1.82, 2.24) is 62.3 Å². The zero-order valence-corrected chi connectivity index (χ0v) is 54.4. The van der Waals surface area contributed by atoms with E-state index in [1.54, 1.807) is 0 Å². The summed E-state index contributed by atoms with van der Waals surface area (Å²) < 4.78 is 14.3. The molecular formula is C89H53N13. The zero-order chi connectivity index (χ0) is 66.7. The summed E-state index contributed by atoms with van der Waals surface area (Å²) in [5, 5.41) is 13.5. The molecule has 0 unspecified atom stereocenters. The molecule has 11 aromatic carbocycles. The van der Waals surface area contributed by atoms with Crippen LogP contribution in [0.3, 0.4) is 0 Å². The number of fused-ring (bicyclic) bond motifs is 18. The summed E-state index contributed by atoms with van der Waals surface area (Å²) in [6.45, 7) is 0. The monoisotopic (exact) mass is 1300 g/mol. The Hall–Kier alpha value is -14.2. The van der Waals surface area contributed by atoms with E-state index in [-0.39, 0.29) is 0 Å². The Labute approximate surface area is 580 Å². The molecule has 0 aliphatic rings. The molecule has 0 N–H and O–H groups in total. The van der Waals surface area contributed by atoms with E-state index in [0.717, 1.165) is 160 Å². The second-order valence-electron chi connectivity index (χ2n) is 26.2. The summed E-state index contributed by atoms with van der Waals surface area (Å²) in [4.78, 5) is 35.0. The number of hydrogen-bond acceptors (Lipinski definition) is 7. The second kappa shape index (κ2) is 21.7. The molecule has 102 heavy (non-hydrogen) atoms. The first-order chi connectivity index (χ1) is 50.6. The molecule has 474 valence electrons. The Morgan fingerprint density at radius 3 is 0.716 bits per heavy atom. The van der Waals surface area contributed by atoms with Gasteiger partial charge in [0.25, 0.3) is 0 Å². The zero-order valence-electron chi connectivity index (χ0n) is 54.4. The van der Waals surface area contributed by atoms with Crippen LogP contribution in [0.25, 0.3) is 199 Å². The van der Waals surface area contributed by atoms with Crippen molar-refractivity contribution in [2.45, 2.75) is 0 Å². The Kier molecular flexibility index (Phi) is 11.9. The van der Waals surface area contributed by atoms with Crippen LogP contribution in [0.4, 0.5) is 0 Å². The van der Waals surface area contributed by atoms with Gasteiger partial charge >= 0.3 is 0 Å². The van der Waals surface area contributed by atoms with Gasteiger partial charge in [-0.15, -0.1) is 0 Å². The molecule has 22 rings (SSSR count). The molecule has 0 saturated carbocycles. The summed E-state index contributed by atoms with van der Waals surface area (Å²) >= 11 is 0. The molecule has 11 heterocycles. The third kappa shape index (κ3) is 8.24. The molecular weight excluding hydrogens is 1250 g/mol. The van der Waals surface area contributed by atoms with E-state index in [1.165, 1.54) is 21.5 Å². The van der Waals surface area contributed by atoms with E-state index in [2.05, 4.69) is 264 Å². The van der Waals surface area contributed by atoms with Gasteiger partial charge in [0.1, 0.15) is 0 Å². The Morgan fingerprint density at radius 2 is 0.412 bits per heavy atom. The van der Waals surface area contributed by atoms with Gasteiger partial charge in [0.05, 0.1) is 91.0 Å². The molecule has 0 atom stereocenters. The second-order valence-corrected chi connectivity index (χ2v) is 26.2. The SMILES string of the molecule is c1ccc(-c2nc(-c3ccccc3)nc(-c3cc(-n4c5ccc(-n6c7ccccc7c7ccncc76)cc5c5cc(-n6c7ccccc7c7ccncc76)ccc54)cc(-n4c5ccc(-n6c7ccccc7c7ccncc76)cc5c5cc(-n6c7ccccc7c7ccncc76)ccc54)c3)n2)cc1. The fourth-order valence-electron chi connectivity index (χ4n) is 16.4. The van der Waals surface area contributed by atoms with Crippen LogP contribution in [0.1, 0.15) is 0 Å². The lowest BCUT2D eigenvalue weighted by Gasteiger charge is -2.17. The van der Waals surface area contributed by atoms with Gasteiger partial charge in [0.2, 0.25) is 0 Å². The topological polar surface area (TPSA) is 120 Å². The summed E-state index contributed by atoms with van der Waals surface area (Å²) in [7, 11) is 0. The molecule has 0 fully saturated rings. The molecule has 11 aromatic heterocycles. The van der Waals surface area contributed by atoms with Gasteiger partial charge in [-0.05, 0) is 140 Å². The van der Waals surface area contributed by atoms with Gasteiger partial charge in [0, 0.05) is 140 Å². The first kappa shape index (κ1) is 55.9. The van der Waals surface area contributed by atoms with Crippen LogP contribution in [-0.2, 0) is 0 Å². The van der Waals surface area contributed by atoms with E-state index in [4.69, 9.17) is 34.9 Å². The predicted octanol–water partition coefficient (Wildman–Crippen LogP) is 21.0. The molecule has 22 aromatic rings. The average molecular weight is 1300 g/mol. The van der Waals surface area contributed by atoms with E-state index in [1.807, 2.05) is 86.0 Å². The number of nitrogens with zero attached hydrogens (tertiary/aromatic N) is 13. The lowest BCUT2D eigenvalue weighted by molar-refractivity contribution is 1.07. The number of para-hydroxylation sites is 4. The highest BCUT2D eigenvalue weighted by atomic mass is 15.1. The first-order valence-corrected chi connectivity index (χ1v) is 34.1. The van der Waals surface area contributed by atoms with Gasteiger partial charge in [0.15, 0.2) is 17.5 Å². The Balaban J connectivity index is 0.850. The number of hydrogen-bond donors (Lipinski definition) is 0. The number of aromatic nitrogens is 13. The molecule has 0 bridgehead atoms. The van der Waals surface area contributed by atoms with Crippen molar-refractivity contribution in [3.05, 3.63) is 323 Å². The van der Waals surface area contributed by atoms with Gasteiger partial charge in [-0.2, -0.15) is 0 Å². The number of benzene rings is 11. The number of pyridine rings is 4. The van der Waals surface area contributed by atoms with E-state index >= 15 is 0 Å². The Bertz CT molecular complexity index is 6290. The van der Waals surface area contributed by atoms with Crippen LogP contribution in [0, 0.1) is 0 Å². The fourth-order valence-corrected chi connectivity index (χ4v) is 16.4. The van der Waals surface area contributed by atoms with Gasteiger partial charge in [-0.25, -0.2) is 15.0 Å². The van der Waals surface area contributed by atoms with E-state index < -0.39 is 0 Å².